The summed E-state index contributed by atoms with van der Waals surface area (Å²) in [6.45, 7) is 2.14. The highest BCUT2D eigenvalue weighted by molar-refractivity contribution is 7.99. The fourth-order valence-corrected chi connectivity index (χ4v) is 3.54. The van der Waals surface area contributed by atoms with Gasteiger partial charge >= 0.3 is 0 Å². The number of hydrogen-bond donors (Lipinski definition) is 1. The summed E-state index contributed by atoms with van der Waals surface area (Å²) in [6, 6.07) is 0.144. The van der Waals surface area contributed by atoms with E-state index in [0.29, 0.717) is 12.3 Å². The molecule has 5 heteroatoms. The molecule has 0 aromatic carbocycles. The van der Waals surface area contributed by atoms with Crippen molar-refractivity contribution < 1.29 is 4.52 Å². The first-order valence-corrected chi connectivity index (χ1v) is 8.01. The smallest absolute Gasteiger partial charge is 0.228 e. The number of hydrogen-bond acceptors (Lipinski definition) is 5. The second kappa shape index (κ2) is 7.14. The Balaban J connectivity index is 1.74. The average molecular weight is 269 g/mol. The van der Waals surface area contributed by atoms with E-state index in [1.807, 2.05) is 11.8 Å². The Morgan fingerprint density at radius 3 is 2.94 bits per heavy atom. The molecule has 1 aliphatic carbocycles. The molecule has 1 atom stereocenters. The molecule has 1 aliphatic rings. The number of aromatic nitrogens is 2. The van der Waals surface area contributed by atoms with E-state index in [1.165, 1.54) is 25.7 Å². The zero-order valence-electron chi connectivity index (χ0n) is 11.1. The minimum absolute atomic E-state index is 0.144. The van der Waals surface area contributed by atoms with Gasteiger partial charge in [0.05, 0.1) is 5.75 Å². The van der Waals surface area contributed by atoms with Crippen LogP contribution in [0.3, 0.4) is 0 Å². The molecular weight excluding hydrogens is 246 g/mol. The van der Waals surface area contributed by atoms with Crippen molar-refractivity contribution in [1.82, 2.24) is 10.1 Å². The largest absolute Gasteiger partial charge is 0.339 e. The molecule has 0 bridgehead atoms. The van der Waals surface area contributed by atoms with Gasteiger partial charge in [-0.1, -0.05) is 31.3 Å². The van der Waals surface area contributed by atoms with Crippen LogP contribution >= 0.6 is 11.8 Å². The molecular formula is C13H23N3OS. The number of thioether (sulfide) groups is 1. The summed E-state index contributed by atoms with van der Waals surface area (Å²) in [5, 5.41) is 4.83. The SMILES string of the molecule is CCCC(N)Cc1nc(CSC2CCCC2)no1. The van der Waals surface area contributed by atoms with E-state index in [9.17, 15) is 0 Å². The van der Waals surface area contributed by atoms with Gasteiger partial charge in [-0.05, 0) is 19.3 Å². The zero-order chi connectivity index (χ0) is 12.8. The first kappa shape index (κ1) is 13.9. The van der Waals surface area contributed by atoms with Gasteiger partial charge in [0.15, 0.2) is 5.82 Å². The number of nitrogens with zero attached hydrogens (tertiary/aromatic N) is 2. The lowest BCUT2D eigenvalue weighted by Gasteiger charge is -2.05. The number of nitrogens with two attached hydrogens (primary N) is 1. The van der Waals surface area contributed by atoms with Gasteiger partial charge in [-0.15, -0.1) is 0 Å². The quantitative estimate of drug-likeness (QED) is 0.824. The fourth-order valence-electron chi connectivity index (χ4n) is 2.38. The lowest BCUT2D eigenvalue weighted by Crippen LogP contribution is -2.22. The molecule has 0 spiro atoms. The van der Waals surface area contributed by atoms with Crippen molar-refractivity contribution in [1.29, 1.82) is 0 Å². The van der Waals surface area contributed by atoms with Gasteiger partial charge in [-0.2, -0.15) is 16.7 Å². The molecule has 1 aromatic heterocycles. The molecule has 0 saturated heterocycles. The minimum atomic E-state index is 0.144. The lowest BCUT2D eigenvalue weighted by atomic mass is 10.1. The summed E-state index contributed by atoms with van der Waals surface area (Å²) >= 11 is 1.96. The lowest BCUT2D eigenvalue weighted by molar-refractivity contribution is 0.362. The monoisotopic (exact) mass is 269 g/mol. The van der Waals surface area contributed by atoms with Crippen LogP contribution in [0.5, 0.6) is 0 Å². The van der Waals surface area contributed by atoms with Crippen LogP contribution in [0.15, 0.2) is 4.52 Å². The van der Waals surface area contributed by atoms with Gasteiger partial charge in [0, 0.05) is 17.7 Å². The van der Waals surface area contributed by atoms with Crippen LogP contribution in [-0.2, 0) is 12.2 Å². The molecule has 0 amide bonds. The first-order valence-electron chi connectivity index (χ1n) is 6.96. The summed E-state index contributed by atoms with van der Waals surface area (Å²) in [5.41, 5.74) is 5.97. The Labute approximate surface area is 113 Å². The van der Waals surface area contributed by atoms with Gasteiger partial charge in [0.1, 0.15) is 0 Å². The summed E-state index contributed by atoms with van der Waals surface area (Å²) in [4.78, 5) is 4.41. The molecule has 18 heavy (non-hydrogen) atoms. The fraction of sp³-hybridized carbons (Fsp3) is 0.846. The topological polar surface area (TPSA) is 64.9 Å². The standard InChI is InChI=1S/C13H23N3OS/c1-2-5-10(14)8-13-15-12(16-17-13)9-18-11-6-3-4-7-11/h10-11H,2-9,14H2,1H3. The van der Waals surface area contributed by atoms with Crippen molar-refractivity contribution in [2.75, 3.05) is 0 Å². The molecule has 1 unspecified atom stereocenters. The van der Waals surface area contributed by atoms with Crippen molar-refractivity contribution in [3.8, 4) is 0 Å². The van der Waals surface area contributed by atoms with Gasteiger partial charge in [-0.3, -0.25) is 0 Å². The van der Waals surface area contributed by atoms with Crippen LogP contribution in [-0.4, -0.2) is 21.4 Å². The predicted molar refractivity (Wildman–Crippen MR) is 74.4 cm³/mol. The van der Waals surface area contributed by atoms with Crippen molar-refractivity contribution in [2.24, 2.45) is 5.73 Å². The Morgan fingerprint density at radius 2 is 2.22 bits per heavy atom. The summed E-state index contributed by atoms with van der Waals surface area (Å²) in [7, 11) is 0. The van der Waals surface area contributed by atoms with Crippen LogP contribution in [0, 0.1) is 0 Å². The highest BCUT2D eigenvalue weighted by Crippen LogP contribution is 2.30. The Bertz CT molecular complexity index is 350. The van der Waals surface area contributed by atoms with Crippen molar-refractivity contribution in [3.63, 3.8) is 0 Å². The highest BCUT2D eigenvalue weighted by atomic mass is 32.2. The van der Waals surface area contributed by atoms with Crippen molar-refractivity contribution in [2.45, 2.75) is 68.9 Å². The maximum absolute atomic E-state index is 5.97. The van der Waals surface area contributed by atoms with Gasteiger partial charge in [0.2, 0.25) is 5.89 Å². The Kier molecular flexibility index (Phi) is 5.50. The van der Waals surface area contributed by atoms with Gasteiger partial charge in [-0.25, -0.2) is 0 Å². The Hall–Kier alpha value is -0.550. The Morgan fingerprint density at radius 1 is 1.44 bits per heavy atom. The van der Waals surface area contributed by atoms with Crippen LogP contribution in [0.25, 0.3) is 0 Å². The van der Waals surface area contributed by atoms with E-state index >= 15 is 0 Å². The van der Waals surface area contributed by atoms with Crippen LogP contribution in [0.1, 0.15) is 57.2 Å². The van der Waals surface area contributed by atoms with E-state index in [2.05, 4.69) is 17.1 Å². The molecule has 102 valence electrons. The number of rotatable bonds is 7. The predicted octanol–water partition coefficient (Wildman–Crippen LogP) is 2.92. The molecule has 2 rings (SSSR count). The molecule has 1 heterocycles. The highest BCUT2D eigenvalue weighted by Gasteiger charge is 2.17. The molecule has 1 saturated carbocycles. The third kappa shape index (κ3) is 4.28. The van der Waals surface area contributed by atoms with Gasteiger partial charge in [0.25, 0.3) is 0 Å². The third-order valence-corrected chi connectivity index (χ3v) is 4.72. The summed E-state index contributed by atoms with van der Waals surface area (Å²) < 4.78 is 5.24. The maximum atomic E-state index is 5.97. The molecule has 1 aromatic rings. The minimum Gasteiger partial charge on any atom is -0.339 e. The molecule has 1 fully saturated rings. The molecule has 2 N–H and O–H groups in total. The zero-order valence-corrected chi connectivity index (χ0v) is 11.9. The van der Waals surface area contributed by atoms with E-state index in [4.69, 9.17) is 10.3 Å². The van der Waals surface area contributed by atoms with Crippen LogP contribution in [0.4, 0.5) is 0 Å². The van der Waals surface area contributed by atoms with Crippen molar-refractivity contribution in [3.05, 3.63) is 11.7 Å². The van der Waals surface area contributed by atoms with E-state index in [-0.39, 0.29) is 6.04 Å². The van der Waals surface area contributed by atoms with Gasteiger partial charge < -0.3 is 10.3 Å². The van der Waals surface area contributed by atoms with Crippen molar-refractivity contribution >= 4 is 11.8 Å². The molecule has 0 aliphatic heterocycles. The maximum Gasteiger partial charge on any atom is 0.228 e. The summed E-state index contributed by atoms with van der Waals surface area (Å²) in [6.07, 6.45) is 8.25. The second-order valence-corrected chi connectivity index (χ2v) is 6.36. The van der Waals surface area contributed by atoms with E-state index in [0.717, 1.165) is 29.7 Å². The van der Waals surface area contributed by atoms with Crippen LogP contribution in [0.2, 0.25) is 0 Å². The average Bonchev–Trinajstić information content (AvgIpc) is 2.97. The van der Waals surface area contributed by atoms with E-state index < -0.39 is 0 Å². The molecule has 0 radical (unpaired) electrons. The summed E-state index contributed by atoms with van der Waals surface area (Å²) in [5.74, 6) is 2.39. The normalized spacial score (nSPS) is 18.3. The van der Waals surface area contributed by atoms with Crippen LogP contribution < -0.4 is 5.73 Å². The van der Waals surface area contributed by atoms with E-state index in [1.54, 1.807) is 0 Å². The first-order chi connectivity index (χ1) is 8.78. The molecule has 4 nitrogen and oxygen atoms in total. The second-order valence-electron chi connectivity index (χ2n) is 5.07. The third-order valence-electron chi connectivity index (χ3n) is 3.36.